The number of ether oxygens (including phenoxy) is 3. The zero-order chi connectivity index (χ0) is 27.3. The number of amides is 1. The molecule has 1 atom stereocenters. The lowest BCUT2D eigenvalue weighted by Gasteiger charge is -2.17. The number of hydrogen-bond acceptors (Lipinski definition) is 10. The van der Waals surface area contributed by atoms with E-state index in [4.69, 9.17) is 14.2 Å². The third kappa shape index (κ3) is 6.13. The molecular formula is C25H30N4O6S2. The SMILES string of the molecule is CCn1c(SCC(=O)Nc2sc(C(=O)OC)c(C)c2C(=O)OC)nnc1C(C)Oc1cccc(C)c1C. The fraction of sp³-hybridized carbons (Fsp3) is 0.400. The number of anilines is 1. The molecule has 12 heteroatoms. The van der Waals surface area contributed by atoms with Gasteiger partial charge in [-0.3, -0.25) is 4.79 Å². The van der Waals surface area contributed by atoms with E-state index in [-0.39, 0.29) is 33.2 Å². The number of aromatic nitrogens is 3. The normalized spacial score (nSPS) is 11.6. The maximum atomic E-state index is 12.8. The van der Waals surface area contributed by atoms with Crippen molar-refractivity contribution in [2.75, 3.05) is 25.3 Å². The van der Waals surface area contributed by atoms with Crippen molar-refractivity contribution >= 4 is 45.9 Å². The molecule has 0 aliphatic rings. The molecule has 0 saturated heterocycles. The summed E-state index contributed by atoms with van der Waals surface area (Å²) in [6.07, 6.45) is -0.357. The van der Waals surface area contributed by atoms with Crippen molar-refractivity contribution in [1.82, 2.24) is 14.8 Å². The van der Waals surface area contributed by atoms with E-state index in [0.29, 0.717) is 23.1 Å². The Labute approximate surface area is 223 Å². The number of benzene rings is 1. The number of hydrogen-bond donors (Lipinski definition) is 1. The first-order chi connectivity index (χ1) is 17.6. The fourth-order valence-electron chi connectivity index (χ4n) is 3.63. The minimum Gasteiger partial charge on any atom is -0.482 e. The van der Waals surface area contributed by atoms with E-state index < -0.39 is 11.9 Å². The predicted molar refractivity (Wildman–Crippen MR) is 142 cm³/mol. The summed E-state index contributed by atoms with van der Waals surface area (Å²) in [5.41, 5.74) is 2.72. The first-order valence-electron chi connectivity index (χ1n) is 11.5. The largest absolute Gasteiger partial charge is 0.482 e. The van der Waals surface area contributed by atoms with Gasteiger partial charge in [0.2, 0.25) is 5.91 Å². The third-order valence-electron chi connectivity index (χ3n) is 5.78. The highest BCUT2D eigenvalue weighted by atomic mass is 32.2. The second kappa shape index (κ2) is 12.2. The van der Waals surface area contributed by atoms with Crippen LogP contribution in [0.3, 0.4) is 0 Å². The van der Waals surface area contributed by atoms with Gasteiger partial charge in [0.25, 0.3) is 0 Å². The molecule has 198 valence electrons. The number of carbonyl (C=O) groups is 3. The second-order valence-corrected chi connectivity index (χ2v) is 10.1. The molecule has 1 N–H and O–H groups in total. The van der Waals surface area contributed by atoms with Crippen molar-refractivity contribution in [2.45, 2.75) is 52.4 Å². The summed E-state index contributed by atoms with van der Waals surface area (Å²) in [5.74, 6) is -0.181. The Bertz CT molecular complexity index is 1320. The van der Waals surface area contributed by atoms with Crippen LogP contribution in [0.15, 0.2) is 23.4 Å². The molecule has 0 bridgehead atoms. The predicted octanol–water partition coefficient (Wildman–Crippen LogP) is 4.73. The van der Waals surface area contributed by atoms with Crippen molar-refractivity contribution < 1.29 is 28.6 Å². The molecule has 0 spiro atoms. The third-order valence-corrected chi connectivity index (χ3v) is 7.93. The van der Waals surface area contributed by atoms with Crippen LogP contribution >= 0.6 is 23.1 Å². The minimum atomic E-state index is -0.653. The van der Waals surface area contributed by atoms with E-state index in [1.54, 1.807) is 6.92 Å². The van der Waals surface area contributed by atoms with Gasteiger partial charge < -0.3 is 24.1 Å². The number of thiophene rings is 1. The number of nitrogens with zero attached hydrogens (tertiary/aromatic N) is 3. The van der Waals surface area contributed by atoms with Gasteiger partial charge in [-0.05, 0) is 57.4 Å². The van der Waals surface area contributed by atoms with E-state index in [1.165, 1.54) is 26.0 Å². The van der Waals surface area contributed by atoms with Crippen LogP contribution in [-0.4, -0.2) is 52.6 Å². The summed E-state index contributed by atoms with van der Waals surface area (Å²) < 4.78 is 17.7. The molecule has 1 unspecified atom stereocenters. The maximum Gasteiger partial charge on any atom is 0.348 e. The van der Waals surface area contributed by atoms with Crippen LogP contribution in [-0.2, 0) is 20.8 Å². The summed E-state index contributed by atoms with van der Waals surface area (Å²) in [4.78, 5) is 37.4. The molecule has 10 nitrogen and oxygen atoms in total. The van der Waals surface area contributed by atoms with Gasteiger partial charge in [0, 0.05) is 6.54 Å². The van der Waals surface area contributed by atoms with Crippen LogP contribution in [0, 0.1) is 20.8 Å². The van der Waals surface area contributed by atoms with Crippen molar-refractivity contribution in [3.8, 4) is 5.75 Å². The van der Waals surface area contributed by atoms with E-state index in [0.717, 1.165) is 28.2 Å². The molecule has 2 heterocycles. The number of carbonyl (C=O) groups excluding carboxylic acids is 3. The van der Waals surface area contributed by atoms with Gasteiger partial charge in [0.15, 0.2) is 17.1 Å². The Hall–Kier alpha value is -3.38. The van der Waals surface area contributed by atoms with Crippen LogP contribution in [0.2, 0.25) is 0 Å². The molecule has 0 fully saturated rings. The van der Waals surface area contributed by atoms with Crippen LogP contribution in [0.25, 0.3) is 0 Å². The lowest BCUT2D eigenvalue weighted by Crippen LogP contribution is -2.17. The van der Waals surface area contributed by atoms with Crippen LogP contribution < -0.4 is 10.1 Å². The molecule has 2 aromatic heterocycles. The van der Waals surface area contributed by atoms with Gasteiger partial charge in [-0.1, -0.05) is 23.9 Å². The standard InChI is InChI=1S/C25H30N4O6S2/c1-8-29-21(16(5)35-17-11-9-10-13(2)14(17)3)27-28-25(29)36-12-18(30)26-22-19(23(31)33-6)15(4)20(37-22)24(32)34-7/h9-11,16H,8,12H2,1-7H3,(H,26,30). The van der Waals surface area contributed by atoms with Gasteiger partial charge in [-0.2, -0.15) is 0 Å². The number of aryl methyl sites for hydroxylation is 1. The molecule has 0 saturated carbocycles. The average molecular weight is 547 g/mol. The molecule has 3 aromatic rings. The number of rotatable bonds is 10. The van der Waals surface area contributed by atoms with Crippen molar-refractivity contribution in [3.63, 3.8) is 0 Å². The van der Waals surface area contributed by atoms with Gasteiger partial charge in [0.05, 0.1) is 25.5 Å². The van der Waals surface area contributed by atoms with E-state index in [2.05, 4.69) is 15.5 Å². The number of nitrogens with one attached hydrogen (secondary N) is 1. The number of thioether (sulfide) groups is 1. The summed E-state index contributed by atoms with van der Waals surface area (Å²) in [6, 6.07) is 5.90. The summed E-state index contributed by atoms with van der Waals surface area (Å²) >= 11 is 2.17. The molecule has 37 heavy (non-hydrogen) atoms. The Kier molecular flexibility index (Phi) is 9.33. The highest BCUT2D eigenvalue weighted by Gasteiger charge is 2.27. The Morgan fingerprint density at radius 2 is 1.78 bits per heavy atom. The molecule has 0 aliphatic carbocycles. The van der Waals surface area contributed by atoms with Gasteiger partial charge in [0.1, 0.15) is 15.6 Å². The van der Waals surface area contributed by atoms with E-state index >= 15 is 0 Å². The average Bonchev–Trinajstić information content (AvgIpc) is 3.44. The van der Waals surface area contributed by atoms with Crippen LogP contribution in [0.5, 0.6) is 5.75 Å². The Balaban J connectivity index is 1.73. The van der Waals surface area contributed by atoms with Crippen molar-refractivity contribution in [3.05, 3.63) is 51.2 Å². The Morgan fingerprint density at radius 1 is 1.08 bits per heavy atom. The topological polar surface area (TPSA) is 122 Å². The Morgan fingerprint density at radius 3 is 2.43 bits per heavy atom. The molecular weight excluding hydrogens is 516 g/mol. The monoisotopic (exact) mass is 546 g/mol. The second-order valence-electron chi connectivity index (χ2n) is 8.12. The smallest absolute Gasteiger partial charge is 0.348 e. The number of esters is 2. The van der Waals surface area contributed by atoms with E-state index in [1.807, 2.05) is 50.5 Å². The lowest BCUT2D eigenvalue weighted by atomic mass is 10.1. The van der Waals surface area contributed by atoms with Gasteiger partial charge in [-0.25, -0.2) is 9.59 Å². The minimum absolute atomic E-state index is 0.00940. The summed E-state index contributed by atoms with van der Waals surface area (Å²) in [5, 5.41) is 12.1. The van der Waals surface area contributed by atoms with E-state index in [9.17, 15) is 14.4 Å². The van der Waals surface area contributed by atoms with Crippen LogP contribution in [0.4, 0.5) is 5.00 Å². The first-order valence-corrected chi connectivity index (χ1v) is 13.3. The van der Waals surface area contributed by atoms with Crippen molar-refractivity contribution in [2.24, 2.45) is 0 Å². The fourth-order valence-corrected chi connectivity index (χ4v) is 5.57. The highest BCUT2D eigenvalue weighted by Crippen LogP contribution is 2.34. The maximum absolute atomic E-state index is 12.8. The summed E-state index contributed by atoms with van der Waals surface area (Å²) in [7, 11) is 2.49. The van der Waals surface area contributed by atoms with Crippen LogP contribution in [0.1, 0.15) is 62.5 Å². The molecule has 3 rings (SSSR count). The van der Waals surface area contributed by atoms with Crippen molar-refractivity contribution in [1.29, 1.82) is 0 Å². The number of methoxy groups -OCH3 is 2. The molecule has 1 amide bonds. The zero-order valence-corrected chi connectivity index (χ0v) is 23.5. The molecule has 0 aliphatic heterocycles. The molecule has 1 aromatic carbocycles. The molecule has 0 radical (unpaired) electrons. The zero-order valence-electron chi connectivity index (χ0n) is 21.8. The lowest BCUT2D eigenvalue weighted by molar-refractivity contribution is -0.113. The first kappa shape index (κ1) is 28.2. The van der Waals surface area contributed by atoms with Gasteiger partial charge in [-0.15, -0.1) is 21.5 Å². The quantitative estimate of drug-likeness (QED) is 0.284. The highest BCUT2D eigenvalue weighted by molar-refractivity contribution is 7.99. The van der Waals surface area contributed by atoms with Gasteiger partial charge >= 0.3 is 11.9 Å². The summed E-state index contributed by atoms with van der Waals surface area (Å²) in [6.45, 7) is 10.1.